The molecule has 1 aromatic carbocycles. The van der Waals surface area contributed by atoms with Gasteiger partial charge in [-0.25, -0.2) is 12.8 Å². The molecule has 0 bridgehead atoms. The van der Waals surface area contributed by atoms with Gasteiger partial charge in [0.05, 0.1) is 6.04 Å². The molecule has 0 aliphatic carbocycles. The molecule has 1 aromatic heterocycles. The van der Waals surface area contributed by atoms with Crippen LogP contribution in [0.5, 0.6) is 0 Å². The zero-order valence-corrected chi connectivity index (χ0v) is 13.9. The van der Waals surface area contributed by atoms with E-state index in [0.29, 0.717) is 13.1 Å². The highest BCUT2D eigenvalue weighted by Crippen LogP contribution is 2.29. The van der Waals surface area contributed by atoms with Crippen molar-refractivity contribution in [2.24, 2.45) is 0 Å². The van der Waals surface area contributed by atoms with Crippen LogP contribution in [0.25, 0.3) is 0 Å². The van der Waals surface area contributed by atoms with Crippen LogP contribution in [0, 0.1) is 5.82 Å². The number of rotatable bonds is 3. The predicted octanol–water partition coefficient (Wildman–Crippen LogP) is 1.98. The number of aromatic nitrogens is 1. The smallest absolute Gasteiger partial charge is 0.246 e. The van der Waals surface area contributed by atoms with Gasteiger partial charge in [-0.05, 0) is 23.8 Å². The van der Waals surface area contributed by atoms with Crippen LogP contribution in [0.4, 0.5) is 4.39 Å². The molecule has 8 heteroatoms. The second kappa shape index (κ2) is 7.35. The summed E-state index contributed by atoms with van der Waals surface area (Å²) in [6.45, 7) is 1.29. The number of nitrogens with one attached hydrogen (secondary N) is 1. The molecule has 0 amide bonds. The van der Waals surface area contributed by atoms with E-state index in [1.54, 1.807) is 18.5 Å². The van der Waals surface area contributed by atoms with Gasteiger partial charge in [0.25, 0.3) is 0 Å². The maximum absolute atomic E-state index is 13.9. The number of pyridine rings is 1. The van der Waals surface area contributed by atoms with Gasteiger partial charge in [-0.2, -0.15) is 4.31 Å². The summed E-state index contributed by atoms with van der Waals surface area (Å²) in [5.41, 5.74) is 0.787. The topological polar surface area (TPSA) is 62.3 Å². The van der Waals surface area contributed by atoms with Crippen molar-refractivity contribution in [3.63, 3.8) is 0 Å². The predicted molar refractivity (Wildman–Crippen MR) is 87.4 cm³/mol. The van der Waals surface area contributed by atoms with Crippen molar-refractivity contribution in [2.75, 3.05) is 19.6 Å². The molecule has 0 spiro atoms. The van der Waals surface area contributed by atoms with Gasteiger partial charge in [-0.15, -0.1) is 12.4 Å². The molecule has 1 atom stereocenters. The molecular weight excluding hydrogens is 341 g/mol. The Kier molecular flexibility index (Phi) is 5.69. The zero-order chi connectivity index (χ0) is 15.6. The summed E-state index contributed by atoms with van der Waals surface area (Å²) in [7, 11) is -3.90. The molecule has 0 saturated carbocycles. The molecule has 1 aliphatic heterocycles. The Balaban J connectivity index is 0.00000192. The summed E-state index contributed by atoms with van der Waals surface area (Å²) in [4.78, 5) is 3.76. The Bertz CT molecular complexity index is 758. The Morgan fingerprint density at radius 3 is 2.70 bits per heavy atom. The molecule has 1 aliphatic rings. The van der Waals surface area contributed by atoms with Crippen molar-refractivity contribution in [2.45, 2.75) is 10.9 Å². The quantitative estimate of drug-likeness (QED) is 0.912. The number of piperazine rings is 1. The average Bonchev–Trinajstić information content (AvgIpc) is 2.56. The third kappa shape index (κ3) is 3.53. The molecule has 1 fully saturated rings. The molecule has 1 saturated heterocycles. The third-order valence-electron chi connectivity index (χ3n) is 3.69. The fraction of sp³-hybridized carbons (Fsp3) is 0.267. The lowest BCUT2D eigenvalue weighted by molar-refractivity contribution is 0.270. The third-order valence-corrected chi connectivity index (χ3v) is 5.63. The van der Waals surface area contributed by atoms with Crippen LogP contribution in [0.1, 0.15) is 11.6 Å². The Morgan fingerprint density at radius 1 is 1.22 bits per heavy atom. The second-order valence-corrected chi connectivity index (χ2v) is 6.91. The molecule has 2 aromatic rings. The number of nitrogens with zero attached hydrogens (tertiary/aromatic N) is 2. The lowest BCUT2D eigenvalue weighted by Gasteiger charge is -2.35. The first-order valence-corrected chi connectivity index (χ1v) is 8.42. The largest absolute Gasteiger partial charge is 0.313 e. The van der Waals surface area contributed by atoms with Crippen LogP contribution in [0.3, 0.4) is 0 Å². The van der Waals surface area contributed by atoms with Crippen LogP contribution < -0.4 is 5.32 Å². The molecule has 5 nitrogen and oxygen atoms in total. The van der Waals surface area contributed by atoms with Gasteiger partial charge in [0.15, 0.2) is 0 Å². The molecule has 3 rings (SSSR count). The minimum Gasteiger partial charge on any atom is -0.313 e. The first-order valence-electron chi connectivity index (χ1n) is 6.98. The number of benzene rings is 1. The minimum atomic E-state index is -3.90. The SMILES string of the molecule is Cl.O=S(=O)(c1ccccc1F)N1CCNCC1c1cccnc1. The number of hydrogen-bond acceptors (Lipinski definition) is 4. The van der Waals surface area contributed by atoms with Gasteiger partial charge in [0, 0.05) is 32.0 Å². The van der Waals surface area contributed by atoms with Gasteiger partial charge >= 0.3 is 0 Å². The molecule has 1 N–H and O–H groups in total. The molecule has 2 heterocycles. The highest BCUT2D eigenvalue weighted by Gasteiger charge is 2.35. The first kappa shape index (κ1) is 17.8. The lowest BCUT2D eigenvalue weighted by atomic mass is 10.1. The van der Waals surface area contributed by atoms with Crippen LogP contribution in [-0.2, 0) is 10.0 Å². The van der Waals surface area contributed by atoms with E-state index in [0.717, 1.165) is 11.6 Å². The number of hydrogen-bond donors (Lipinski definition) is 1. The second-order valence-electron chi connectivity index (χ2n) is 5.05. The molecule has 1 unspecified atom stereocenters. The number of sulfonamides is 1. The standard InChI is InChI=1S/C15H16FN3O2S.ClH/c16-13-5-1-2-6-15(13)22(20,21)19-9-8-18-11-14(19)12-4-3-7-17-10-12;/h1-7,10,14,18H,8-9,11H2;1H. The van der Waals surface area contributed by atoms with Crippen molar-refractivity contribution in [3.8, 4) is 0 Å². The summed E-state index contributed by atoms with van der Waals surface area (Å²) in [6, 6.07) is 8.65. The van der Waals surface area contributed by atoms with Crippen molar-refractivity contribution in [1.29, 1.82) is 0 Å². The van der Waals surface area contributed by atoms with Crippen molar-refractivity contribution in [3.05, 3.63) is 60.2 Å². The van der Waals surface area contributed by atoms with Crippen LogP contribution in [-0.4, -0.2) is 37.3 Å². The minimum absolute atomic E-state index is 0. The van der Waals surface area contributed by atoms with E-state index < -0.39 is 21.9 Å². The van der Waals surface area contributed by atoms with E-state index >= 15 is 0 Å². The molecule has 0 radical (unpaired) electrons. The van der Waals surface area contributed by atoms with Crippen LogP contribution >= 0.6 is 12.4 Å². The van der Waals surface area contributed by atoms with E-state index in [2.05, 4.69) is 10.3 Å². The van der Waals surface area contributed by atoms with Gasteiger partial charge < -0.3 is 5.32 Å². The van der Waals surface area contributed by atoms with E-state index in [1.165, 1.54) is 22.5 Å². The normalized spacial score (nSPS) is 19.1. The summed E-state index contributed by atoms with van der Waals surface area (Å²) >= 11 is 0. The maximum atomic E-state index is 13.9. The fourth-order valence-electron chi connectivity index (χ4n) is 2.61. The van der Waals surface area contributed by atoms with Crippen molar-refractivity contribution < 1.29 is 12.8 Å². The highest BCUT2D eigenvalue weighted by atomic mass is 35.5. The summed E-state index contributed by atoms with van der Waals surface area (Å²) < 4.78 is 40.9. The highest BCUT2D eigenvalue weighted by molar-refractivity contribution is 7.89. The maximum Gasteiger partial charge on any atom is 0.246 e. The Hall–Kier alpha value is -1.54. The zero-order valence-electron chi connectivity index (χ0n) is 12.2. The van der Waals surface area contributed by atoms with Gasteiger partial charge in [0.2, 0.25) is 10.0 Å². The Morgan fingerprint density at radius 2 is 2.00 bits per heavy atom. The summed E-state index contributed by atoms with van der Waals surface area (Å²) in [5, 5.41) is 3.17. The van der Waals surface area contributed by atoms with E-state index in [9.17, 15) is 12.8 Å². The van der Waals surface area contributed by atoms with Crippen LogP contribution in [0.15, 0.2) is 53.7 Å². The average molecular weight is 358 g/mol. The van der Waals surface area contributed by atoms with E-state index in [-0.39, 0.29) is 23.8 Å². The van der Waals surface area contributed by atoms with Gasteiger partial charge in [-0.3, -0.25) is 4.98 Å². The van der Waals surface area contributed by atoms with E-state index in [4.69, 9.17) is 0 Å². The van der Waals surface area contributed by atoms with Crippen molar-refractivity contribution >= 4 is 22.4 Å². The van der Waals surface area contributed by atoms with E-state index in [1.807, 2.05) is 6.07 Å². The molecule has 23 heavy (non-hydrogen) atoms. The summed E-state index contributed by atoms with van der Waals surface area (Å²) in [6.07, 6.45) is 3.27. The lowest BCUT2D eigenvalue weighted by Crippen LogP contribution is -2.48. The monoisotopic (exact) mass is 357 g/mol. The molecular formula is C15H17ClFN3O2S. The van der Waals surface area contributed by atoms with Crippen LogP contribution in [0.2, 0.25) is 0 Å². The Labute approximate surface area is 141 Å². The van der Waals surface area contributed by atoms with Gasteiger partial charge in [0.1, 0.15) is 10.7 Å². The molecule has 124 valence electrons. The van der Waals surface area contributed by atoms with Gasteiger partial charge in [-0.1, -0.05) is 18.2 Å². The summed E-state index contributed by atoms with van der Waals surface area (Å²) in [5.74, 6) is -0.731. The van der Waals surface area contributed by atoms with Crippen molar-refractivity contribution in [1.82, 2.24) is 14.6 Å². The first-order chi connectivity index (χ1) is 10.6. The number of halogens is 2. The fourth-order valence-corrected chi connectivity index (χ4v) is 4.29.